The molecule has 10 heteroatoms. The highest BCUT2D eigenvalue weighted by atomic mass is 32.1. The number of thiocarbonyl (C=S) groups is 1. The van der Waals surface area contributed by atoms with E-state index in [4.69, 9.17) is 17.0 Å². The minimum absolute atomic E-state index is 0.171. The first-order valence-electron chi connectivity index (χ1n) is 13.2. The van der Waals surface area contributed by atoms with Gasteiger partial charge in [-0.25, -0.2) is 9.18 Å². The van der Waals surface area contributed by atoms with Crippen molar-refractivity contribution in [3.63, 3.8) is 0 Å². The number of ether oxygens (including phenoxy) is 1. The zero-order valence-corrected chi connectivity index (χ0v) is 23.7. The van der Waals surface area contributed by atoms with Gasteiger partial charge in [0.15, 0.2) is 5.11 Å². The molecule has 8 nitrogen and oxygen atoms in total. The van der Waals surface area contributed by atoms with Gasteiger partial charge in [-0.15, -0.1) is 0 Å². The van der Waals surface area contributed by atoms with Crippen LogP contribution < -0.4 is 10.6 Å². The van der Waals surface area contributed by atoms with E-state index in [1.807, 2.05) is 49.1 Å². The number of hydrogen-bond acceptors (Lipinski definition) is 5. The first kappa shape index (κ1) is 28.0. The van der Waals surface area contributed by atoms with Crippen LogP contribution in [-0.4, -0.2) is 45.1 Å². The number of carbonyl (C=O) groups is 2. The van der Waals surface area contributed by atoms with E-state index in [1.54, 1.807) is 18.3 Å². The van der Waals surface area contributed by atoms with Crippen molar-refractivity contribution in [2.24, 2.45) is 0 Å². The Morgan fingerprint density at radius 3 is 2.56 bits per heavy atom. The maximum absolute atomic E-state index is 13.3. The van der Waals surface area contributed by atoms with Crippen LogP contribution in [0.3, 0.4) is 0 Å². The Labute approximate surface area is 243 Å². The van der Waals surface area contributed by atoms with Crippen LogP contribution in [-0.2, 0) is 9.53 Å². The minimum Gasteiger partial charge on any atom is -0.465 e. The first-order chi connectivity index (χ1) is 19.8. The van der Waals surface area contributed by atoms with E-state index < -0.39 is 5.97 Å². The summed E-state index contributed by atoms with van der Waals surface area (Å²) in [6.07, 6.45) is 1.92. The Morgan fingerprint density at radius 2 is 1.85 bits per heavy atom. The van der Waals surface area contributed by atoms with Crippen LogP contribution in [0.5, 0.6) is 0 Å². The molecule has 41 heavy (non-hydrogen) atoms. The molecule has 0 saturated carbocycles. The number of hydrogen-bond donors (Lipinski definition) is 2. The number of rotatable bonds is 8. The molecule has 1 aliphatic heterocycles. The van der Waals surface area contributed by atoms with Crippen molar-refractivity contribution in [1.82, 2.24) is 19.8 Å². The smallest absolute Gasteiger partial charge is 0.337 e. The Hall–Kier alpha value is -4.57. The van der Waals surface area contributed by atoms with Crippen molar-refractivity contribution in [2.45, 2.75) is 32.4 Å². The van der Waals surface area contributed by atoms with Crippen LogP contribution in [0.4, 0.5) is 10.1 Å². The molecule has 2 atom stereocenters. The molecular formula is C31H30FN5O3S. The van der Waals surface area contributed by atoms with Gasteiger partial charge in [-0.1, -0.05) is 12.1 Å². The predicted octanol–water partition coefficient (Wildman–Crippen LogP) is 5.42. The number of esters is 1. The number of nitrogens with one attached hydrogen (secondary N) is 2. The van der Waals surface area contributed by atoms with Crippen molar-refractivity contribution in [2.75, 3.05) is 19.0 Å². The highest BCUT2D eigenvalue weighted by Crippen LogP contribution is 2.41. The van der Waals surface area contributed by atoms with E-state index in [1.165, 1.54) is 31.4 Å². The molecule has 0 spiro atoms. The number of aryl methyl sites for hydroxylation is 1. The number of amides is 1. The molecule has 0 radical (unpaired) electrons. The predicted molar refractivity (Wildman–Crippen MR) is 158 cm³/mol. The van der Waals surface area contributed by atoms with Gasteiger partial charge in [-0.05, 0) is 92.3 Å². The molecule has 2 unspecified atom stereocenters. The fraction of sp³-hybridized carbons (Fsp3) is 0.226. The van der Waals surface area contributed by atoms with Gasteiger partial charge in [0, 0.05) is 41.9 Å². The topological polar surface area (TPSA) is 88.5 Å². The summed E-state index contributed by atoms with van der Waals surface area (Å²) >= 11 is 5.78. The third kappa shape index (κ3) is 5.83. The monoisotopic (exact) mass is 571 g/mol. The Bertz CT molecular complexity index is 1590. The molecule has 5 rings (SSSR count). The molecular weight excluding hydrogens is 541 g/mol. The summed E-state index contributed by atoms with van der Waals surface area (Å²) in [5.74, 6) is -0.973. The average Bonchev–Trinajstić information content (AvgIpc) is 3.47. The van der Waals surface area contributed by atoms with Crippen molar-refractivity contribution in [3.8, 4) is 5.69 Å². The quantitative estimate of drug-likeness (QED) is 0.216. The molecule has 3 heterocycles. The second-order valence-electron chi connectivity index (χ2n) is 9.83. The molecule has 1 aliphatic rings. The van der Waals surface area contributed by atoms with E-state index in [9.17, 15) is 14.0 Å². The van der Waals surface area contributed by atoms with E-state index in [0.717, 1.165) is 28.3 Å². The molecule has 2 aromatic heterocycles. The van der Waals surface area contributed by atoms with Gasteiger partial charge in [0.25, 0.3) is 0 Å². The van der Waals surface area contributed by atoms with Gasteiger partial charge < -0.3 is 24.8 Å². The lowest BCUT2D eigenvalue weighted by Gasteiger charge is -2.28. The van der Waals surface area contributed by atoms with Crippen LogP contribution in [0.2, 0.25) is 0 Å². The Balaban J connectivity index is 1.48. The number of nitrogens with zero attached hydrogens (tertiary/aromatic N) is 3. The summed E-state index contributed by atoms with van der Waals surface area (Å²) in [5, 5.41) is 6.77. The van der Waals surface area contributed by atoms with Crippen molar-refractivity contribution < 1.29 is 18.7 Å². The summed E-state index contributed by atoms with van der Waals surface area (Å²) in [4.78, 5) is 31.7. The lowest BCUT2D eigenvalue weighted by atomic mass is 9.96. The highest BCUT2D eigenvalue weighted by molar-refractivity contribution is 7.80. The van der Waals surface area contributed by atoms with Crippen molar-refractivity contribution in [3.05, 3.63) is 113 Å². The Morgan fingerprint density at radius 1 is 1.07 bits per heavy atom. The number of anilines is 1. The normalized spacial score (nSPS) is 16.4. The summed E-state index contributed by atoms with van der Waals surface area (Å²) in [6.45, 7) is 4.40. The molecule has 1 fully saturated rings. The first-order valence-corrected chi connectivity index (χ1v) is 13.6. The van der Waals surface area contributed by atoms with E-state index in [-0.39, 0.29) is 30.2 Å². The molecule has 1 amide bonds. The van der Waals surface area contributed by atoms with Crippen LogP contribution in [0.1, 0.15) is 51.5 Å². The fourth-order valence-electron chi connectivity index (χ4n) is 5.34. The van der Waals surface area contributed by atoms with Crippen molar-refractivity contribution in [1.29, 1.82) is 0 Å². The summed E-state index contributed by atoms with van der Waals surface area (Å²) in [6, 6.07) is 20.3. The maximum atomic E-state index is 13.3. The van der Waals surface area contributed by atoms with Crippen molar-refractivity contribution >= 4 is 34.9 Å². The van der Waals surface area contributed by atoms with E-state index in [2.05, 4.69) is 26.3 Å². The molecule has 4 aromatic rings. The molecule has 1 saturated heterocycles. The molecule has 0 bridgehead atoms. The molecule has 210 valence electrons. The van der Waals surface area contributed by atoms with Gasteiger partial charge in [-0.2, -0.15) is 0 Å². The zero-order chi connectivity index (χ0) is 29.1. The third-order valence-corrected chi connectivity index (χ3v) is 7.57. The second kappa shape index (κ2) is 11.9. The number of aromatic nitrogens is 2. The van der Waals surface area contributed by atoms with Crippen LogP contribution in [0.15, 0.2) is 79.0 Å². The summed E-state index contributed by atoms with van der Waals surface area (Å²) < 4.78 is 20.3. The summed E-state index contributed by atoms with van der Waals surface area (Å²) in [7, 11) is 1.36. The second-order valence-corrected chi connectivity index (χ2v) is 10.2. The highest BCUT2D eigenvalue weighted by Gasteiger charge is 2.41. The Kier molecular flexibility index (Phi) is 8.11. The summed E-state index contributed by atoms with van der Waals surface area (Å²) in [5.41, 5.74) is 5.63. The lowest BCUT2D eigenvalue weighted by molar-refractivity contribution is -0.116. The van der Waals surface area contributed by atoms with Gasteiger partial charge in [0.05, 0.1) is 30.5 Å². The van der Waals surface area contributed by atoms with Gasteiger partial charge in [0.1, 0.15) is 5.82 Å². The number of carbonyl (C=O) groups excluding carboxylic acids is 2. The zero-order valence-electron chi connectivity index (χ0n) is 22.9. The number of halogens is 1. The third-order valence-electron chi connectivity index (χ3n) is 7.22. The number of benzene rings is 2. The fourth-order valence-corrected chi connectivity index (χ4v) is 5.67. The van der Waals surface area contributed by atoms with E-state index in [0.29, 0.717) is 22.9 Å². The number of methoxy groups -OCH3 is 1. The van der Waals surface area contributed by atoms with Gasteiger partial charge in [-0.3, -0.25) is 9.78 Å². The maximum Gasteiger partial charge on any atom is 0.337 e. The van der Waals surface area contributed by atoms with Gasteiger partial charge >= 0.3 is 5.97 Å². The number of pyridine rings is 1. The van der Waals surface area contributed by atoms with Crippen LogP contribution in [0.25, 0.3) is 5.69 Å². The molecule has 2 aromatic carbocycles. The van der Waals surface area contributed by atoms with Crippen LogP contribution >= 0.6 is 12.2 Å². The molecule has 2 N–H and O–H groups in total. The average molecular weight is 572 g/mol. The van der Waals surface area contributed by atoms with Crippen LogP contribution in [0, 0.1) is 19.7 Å². The van der Waals surface area contributed by atoms with Gasteiger partial charge in [0.2, 0.25) is 5.91 Å². The van der Waals surface area contributed by atoms with E-state index >= 15 is 0 Å². The SMILES string of the molecule is COC(=O)c1cccc(-n2c(C)cc(C3C(c4ccccn4)NC(=S)N3CCC(=O)Nc3ccc(F)cc3)c2C)c1. The molecule has 0 aliphatic carbocycles. The minimum atomic E-state index is -0.403. The standard InChI is InChI=1S/C31H30FN5O3S/c1-19-17-25(20(2)37(19)24-8-6-7-21(18-24)30(39)40-3)29-28(26-9-4-5-15-33-26)35-31(41)36(29)16-14-27(38)34-23-12-10-22(32)11-13-23/h4-13,15,17-18,28-29H,14,16H2,1-3H3,(H,34,38)(H,35,41). The lowest BCUT2D eigenvalue weighted by Crippen LogP contribution is -2.32. The largest absolute Gasteiger partial charge is 0.465 e.